The smallest absolute Gasteiger partial charge is 0.311 e. The second kappa shape index (κ2) is 8.48. The fourth-order valence-corrected chi connectivity index (χ4v) is 7.54. The first-order valence-electron chi connectivity index (χ1n) is 13.3. The van der Waals surface area contributed by atoms with Crippen molar-refractivity contribution in [2.45, 2.75) is 98.1 Å². The van der Waals surface area contributed by atoms with Crippen molar-refractivity contribution < 1.29 is 39.2 Å². The number of ketones is 1. The number of allylic oxidation sites excluding steroid dienone is 1. The zero-order chi connectivity index (χ0) is 27.9. The van der Waals surface area contributed by atoms with Gasteiger partial charge >= 0.3 is 11.9 Å². The summed E-state index contributed by atoms with van der Waals surface area (Å²) in [6.07, 6.45) is 1.23. The Morgan fingerprint density at radius 1 is 1.16 bits per heavy atom. The van der Waals surface area contributed by atoms with Crippen LogP contribution in [0.1, 0.15) is 74.7 Å². The average molecular weight is 519 g/mol. The lowest BCUT2D eigenvalue weighted by molar-refractivity contribution is -0.192. The number of ether oxygens (including phenoxy) is 2. The van der Waals surface area contributed by atoms with Crippen LogP contribution in [0.2, 0.25) is 0 Å². The highest BCUT2D eigenvalue weighted by molar-refractivity contribution is 5.96. The zero-order valence-electron chi connectivity index (χ0n) is 23.3. The molecule has 0 aromatic carbocycles. The monoisotopic (exact) mass is 518 g/mol. The van der Waals surface area contributed by atoms with Gasteiger partial charge in [0.05, 0.1) is 10.8 Å². The van der Waals surface area contributed by atoms with Crippen molar-refractivity contribution in [1.29, 1.82) is 0 Å². The van der Waals surface area contributed by atoms with Crippen LogP contribution in [0.25, 0.3) is 0 Å². The van der Waals surface area contributed by atoms with Gasteiger partial charge in [0.25, 0.3) is 0 Å². The van der Waals surface area contributed by atoms with E-state index in [9.17, 15) is 29.7 Å². The lowest BCUT2D eigenvalue weighted by Crippen LogP contribution is -2.65. The summed E-state index contributed by atoms with van der Waals surface area (Å²) in [6.45, 7) is 14.1. The van der Waals surface area contributed by atoms with Gasteiger partial charge in [-0.15, -0.1) is 0 Å². The molecular weight excluding hydrogens is 476 g/mol. The van der Waals surface area contributed by atoms with E-state index in [1.807, 2.05) is 27.7 Å². The minimum absolute atomic E-state index is 0.160. The maximum absolute atomic E-state index is 14.5. The van der Waals surface area contributed by atoms with Crippen LogP contribution in [0.3, 0.4) is 0 Å². The number of carbonyl (C=O) groups excluding carboxylic acids is 3. The summed E-state index contributed by atoms with van der Waals surface area (Å²) in [4.78, 5) is 39.8. The molecule has 4 aliphatic rings. The Kier molecular flexibility index (Phi) is 6.42. The molecule has 4 rings (SSSR count). The number of hydrogen-bond donors (Lipinski definition) is 3. The van der Waals surface area contributed by atoms with E-state index in [0.717, 1.165) is 0 Å². The summed E-state index contributed by atoms with van der Waals surface area (Å²) in [5, 5.41) is 35.0. The number of fused-ring (bicyclic) bond motifs is 3. The van der Waals surface area contributed by atoms with Gasteiger partial charge in [-0.2, -0.15) is 0 Å². The van der Waals surface area contributed by atoms with Crippen LogP contribution in [-0.4, -0.2) is 63.1 Å². The van der Waals surface area contributed by atoms with Gasteiger partial charge in [-0.1, -0.05) is 39.8 Å². The highest BCUT2D eigenvalue weighted by Crippen LogP contribution is 2.75. The van der Waals surface area contributed by atoms with Crippen molar-refractivity contribution in [2.75, 3.05) is 6.61 Å². The van der Waals surface area contributed by atoms with Crippen LogP contribution in [0.5, 0.6) is 0 Å². The molecule has 0 aliphatic heterocycles. The highest BCUT2D eigenvalue weighted by Gasteiger charge is 2.83. The predicted octanol–water partition coefficient (Wildman–Crippen LogP) is 2.88. The van der Waals surface area contributed by atoms with Crippen molar-refractivity contribution in [3.05, 3.63) is 23.3 Å². The molecule has 3 N–H and O–H groups in total. The maximum atomic E-state index is 14.5. The summed E-state index contributed by atoms with van der Waals surface area (Å²) in [5.74, 6) is -2.94. The first-order chi connectivity index (χ1) is 16.9. The SMILES string of the molecule is CCCC(=O)O[C@@]12C[C@@H](C)[C@]34C=C(C)C(O)C3(O)[C@H](O)C(COC(=O)C(C)(C)C)=CC(C4=O)[C@@H]1C2(C)C. The molecule has 0 aromatic heterocycles. The highest BCUT2D eigenvalue weighted by atomic mass is 16.6. The van der Waals surface area contributed by atoms with E-state index in [1.54, 1.807) is 39.8 Å². The minimum atomic E-state index is -2.27. The molecule has 0 amide bonds. The van der Waals surface area contributed by atoms with Crippen LogP contribution in [0.15, 0.2) is 23.3 Å². The van der Waals surface area contributed by atoms with Crippen LogP contribution in [0, 0.1) is 34.0 Å². The Hall–Kier alpha value is -2.03. The van der Waals surface area contributed by atoms with Crippen LogP contribution in [0.4, 0.5) is 0 Å². The van der Waals surface area contributed by atoms with Crippen molar-refractivity contribution in [1.82, 2.24) is 0 Å². The topological polar surface area (TPSA) is 130 Å². The quantitative estimate of drug-likeness (QED) is 0.374. The summed E-state index contributed by atoms with van der Waals surface area (Å²) in [7, 11) is 0. The van der Waals surface area contributed by atoms with Gasteiger partial charge in [0, 0.05) is 23.7 Å². The lowest BCUT2D eigenvalue weighted by atomic mass is 9.59. The number of hydrogen-bond acceptors (Lipinski definition) is 8. The van der Waals surface area contributed by atoms with Gasteiger partial charge in [-0.3, -0.25) is 14.4 Å². The second-order valence-corrected chi connectivity index (χ2v) is 13.3. The fraction of sp³-hybridized carbons (Fsp3) is 0.759. The average Bonchev–Trinajstić information content (AvgIpc) is 3.20. The van der Waals surface area contributed by atoms with E-state index < -0.39 is 63.4 Å². The summed E-state index contributed by atoms with van der Waals surface area (Å²) in [5.41, 5.74) is -5.60. The molecule has 2 saturated carbocycles. The number of carbonyl (C=O) groups is 3. The first-order valence-corrected chi connectivity index (χ1v) is 13.3. The van der Waals surface area contributed by atoms with Crippen molar-refractivity contribution >= 4 is 17.7 Å². The molecule has 2 fully saturated rings. The summed E-state index contributed by atoms with van der Waals surface area (Å²) in [6, 6.07) is 0. The van der Waals surface area contributed by atoms with Gasteiger partial charge in [-0.05, 0) is 57.6 Å². The number of aliphatic hydroxyl groups is 3. The van der Waals surface area contributed by atoms with Gasteiger partial charge in [0.2, 0.25) is 0 Å². The molecule has 0 aromatic rings. The number of rotatable bonds is 5. The van der Waals surface area contributed by atoms with Crippen molar-refractivity contribution in [3.8, 4) is 0 Å². The van der Waals surface area contributed by atoms with E-state index in [2.05, 4.69) is 0 Å². The third-order valence-corrected chi connectivity index (χ3v) is 9.60. The molecular formula is C29H42O8. The van der Waals surface area contributed by atoms with E-state index in [-0.39, 0.29) is 30.4 Å². The Bertz CT molecular complexity index is 1080. The molecule has 3 unspecified atom stereocenters. The molecule has 2 bridgehead atoms. The third-order valence-electron chi connectivity index (χ3n) is 9.60. The summed E-state index contributed by atoms with van der Waals surface area (Å²) >= 11 is 0. The third kappa shape index (κ3) is 3.54. The van der Waals surface area contributed by atoms with Crippen LogP contribution >= 0.6 is 0 Å². The first kappa shape index (κ1) is 28.0. The van der Waals surface area contributed by atoms with E-state index in [1.165, 1.54) is 0 Å². The van der Waals surface area contributed by atoms with E-state index >= 15 is 0 Å². The molecule has 8 nitrogen and oxygen atoms in total. The summed E-state index contributed by atoms with van der Waals surface area (Å²) < 4.78 is 11.7. The molecule has 8 heteroatoms. The molecule has 0 saturated heterocycles. The molecule has 0 radical (unpaired) electrons. The second-order valence-electron chi connectivity index (χ2n) is 13.3. The molecule has 4 aliphatic carbocycles. The number of Topliss-reactive ketones (excluding diaryl/α,β-unsaturated/α-hetero) is 1. The minimum Gasteiger partial charge on any atom is -0.461 e. The van der Waals surface area contributed by atoms with Gasteiger partial charge < -0.3 is 24.8 Å². The Balaban J connectivity index is 1.88. The van der Waals surface area contributed by atoms with Crippen LogP contribution in [-0.2, 0) is 23.9 Å². The largest absolute Gasteiger partial charge is 0.461 e. The molecule has 8 atom stereocenters. The van der Waals surface area contributed by atoms with Crippen molar-refractivity contribution in [2.24, 2.45) is 34.0 Å². The molecule has 37 heavy (non-hydrogen) atoms. The van der Waals surface area contributed by atoms with Crippen molar-refractivity contribution in [3.63, 3.8) is 0 Å². The fourth-order valence-electron chi connectivity index (χ4n) is 7.54. The zero-order valence-corrected chi connectivity index (χ0v) is 23.3. The number of aliphatic hydroxyl groups excluding tert-OH is 2. The Morgan fingerprint density at radius 3 is 2.35 bits per heavy atom. The molecule has 1 spiro atoms. The van der Waals surface area contributed by atoms with Gasteiger partial charge in [0.15, 0.2) is 5.78 Å². The van der Waals surface area contributed by atoms with E-state index in [0.29, 0.717) is 18.4 Å². The molecule has 206 valence electrons. The normalized spacial score (nSPS) is 41.9. The van der Waals surface area contributed by atoms with E-state index in [4.69, 9.17) is 9.47 Å². The Labute approximate surface area is 219 Å². The van der Waals surface area contributed by atoms with Gasteiger partial charge in [-0.25, -0.2) is 0 Å². The molecule has 0 heterocycles. The Morgan fingerprint density at radius 2 is 1.78 bits per heavy atom. The predicted molar refractivity (Wildman–Crippen MR) is 135 cm³/mol. The van der Waals surface area contributed by atoms with Gasteiger partial charge in [0.1, 0.15) is 30.0 Å². The standard InChI is InChI=1S/C29H42O8/c1-9-10-19(30)37-28-13-16(3)27-12-15(2)21(31)29(27,35)22(32)17(14-36-24(34)25(4,5)6)11-18(23(27)33)20(28)26(28,7)8/h11-12,16,18,20-22,31-32,35H,9-10,13-14H2,1-8H3/t16-,18?,20-,21?,22-,27+,28+,29?/m1/s1. The van der Waals surface area contributed by atoms with Crippen LogP contribution < -0.4 is 0 Å². The number of esters is 2. The maximum Gasteiger partial charge on any atom is 0.311 e. The lowest BCUT2D eigenvalue weighted by Gasteiger charge is -2.48.